The monoisotopic (exact) mass is 478 g/mol. The Morgan fingerprint density at radius 1 is 1.09 bits per heavy atom. The van der Waals surface area contributed by atoms with Crippen LogP contribution in [0.15, 0.2) is 48.5 Å². The minimum absolute atomic E-state index is 0.0414. The summed E-state index contributed by atoms with van der Waals surface area (Å²) < 4.78 is 11.1. The van der Waals surface area contributed by atoms with E-state index in [1.54, 1.807) is 6.92 Å². The fourth-order valence-electron chi connectivity index (χ4n) is 5.37. The van der Waals surface area contributed by atoms with E-state index in [-0.39, 0.29) is 43.4 Å². The van der Waals surface area contributed by atoms with Crippen molar-refractivity contribution in [3.05, 3.63) is 59.7 Å². The summed E-state index contributed by atoms with van der Waals surface area (Å²) in [5.74, 6) is -1.22. The number of morpholine rings is 1. The fraction of sp³-hybridized carbons (Fsp3) is 0.444. The molecule has 0 aromatic heterocycles. The van der Waals surface area contributed by atoms with Crippen LogP contribution in [0.1, 0.15) is 43.2 Å². The van der Waals surface area contributed by atoms with E-state index >= 15 is 0 Å². The highest BCUT2D eigenvalue weighted by Gasteiger charge is 2.41. The van der Waals surface area contributed by atoms with Crippen molar-refractivity contribution in [3.63, 3.8) is 0 Å². The number of carboxylic acid groups (broad SMARTS) is 1. The quantitative estimate of drug-likeness (QED) is 0.632. The van der Waals surface area contributed by atoms with Gasteiger partial charge in [0.1, 0.15) is 6.61 Å². The number of ether oxygens (including phenoxy) is 2. The molecular formula is C27H30N2O6. The smallest absolute Gasteiger partial charge is 0.407 e. The maximum absolute atomic E-state index is 13.0. The topological polar surface area (TPSA) is 105 Å². The molecule has 3 aliphatic rings. The van der Waals surface area contributed by atoms with Gasteiger partial charge in [-0.2, -0.15) is 0 Å². The molecule has 1 saturated heterocycles. The molecule has 0 radical (unpaired) electrons. The van der Waals surface area contributed by atoms with Gasteiger partial charge in [-0.05, 0) is 47.9 Å². The molecule has 3 unspecified atom stereocenters. The zero-order valence-corrected chi connectivity index (χ0v) is 19.7. The van der Waals surface area contributed by atoms with Gasteiger partial charge in [0, 0.05) is 24.9 Å². The van der Waals surface area contributed by atoms with Crippen LogP contribution in [0.4, 0.5) is 4.79 Å². The maximum atomic E-state index is 13.0. The Morgan fingerprint density at radius 2 is 1.71 bits per heavy atom. The number of carbonyl (C=O) groups is 3. The van der Waals surface area contributed by atoms with Gasteiger partial charge in [-0.15, -0.1) is 0 Å². The number of fused-ring (bicyclic) bond motifs is 3. The van der Waals surface area contributed by atoms with Crippen LogP contribution in [-0.2, 0) is 19.1 Å². The number of rotatable bonds is 7. The Bertz CT molecular complexity index is 1080. The molecule has 2 aromatic rings. The second-order valence-corrected chi connectivity index (χ2v) is 9.56. The van der Waals surface area contributed by atoms with Gasteiger partial charge >= 0.3 is 12.1 Å². The third-order valence-electron chi connectivity index (χ3n) is 7.30. The number of benzene rings is 2. The van der Waals surface area contributed by atoms with E-state index in [0.717, 1.165) is 35.1 Å². The van der Waals surface area contributed by atoms with Crippen molar-refractivity contribution in [3.8, 4) is 11.1 Å². The second-order valence-electron chi connectivity index (χ2n) is 9.56. The molecule has 35 heavy (non-hydrogen) atoms. The van der Waals surface area contributed by atoms with E-state index in [0.29, 0.717) is 6.61 Å². The van der Waals surface area contributed by atoms with Crippen LogP contribution in [0, 0.1) is 5.92 Å². The molecule has 3 atom stereocenters. The molecule has 0 spiro atoms. The Labute approximate surface area is 204 Å². The lowest BCUT2D eigenvalue weighted by atomic mass is 9.98. The molecule has 0 bridgehead atoms. The number of hydrogen-bond donors (Lipinski definition) is 2. The number of aliphatic carboxylic acids is 1. The van der Waals surface area contributed by atoms with Gasteiger partial charge < -0.3 is 24.8 Å². The molecule has 5 rings (SSSR count). The third kappa shape index (κ3) is 4.75. The zero-order chi connectivity index (χ0) is 24.5. The van der Waals surface area contributed by atoms with Crippen molar-refractivity contribution in [2.45, 2.75) is 50.3 Å². The van der Waals surface area contributed by atoms with Crippen LogP contribution in [0.5, 0.6) is 0 Å². The van der Waals surface area contributed by atoms with Gasteiger partial charge in [0.15, 0.2) is 6.04 Å². The van der Waals surface area contributed by atoms with Gasteiger partial charge in [0.05, 0.1) is 12.7 Å². The summed E-state index contributed by atoms with van der Waals surface area (Å²) in [7, 11) is 0. The summed E-state index contributed by atoms with van der Waals surface area (Å²) in [4.78, 5) is 38.9. The molecule has 2 N–H and O–H groups in total. The first-order valence-corrected chi connectivity index (χ1v) is 12.2. The van der Waals surface area contributed by atoms with Crippen LogP contribution in [0.2, 0.25) is 0 Å². The summed E-state index contributed by atoms with van der Waals surface area (Å²) in [6, 6.07) is 14.9. The number of alkyl carbamates (subject to hydrolysis) is 1. The van der Waals surface area contributed by atoms with Gasteiger partial charge in [-0.25, -0.2) is 9.59 Å². The molecule has 2 fully saturated rings. The average Bonchev–Trinajstić information content (AvgIpc) is 3.65. The number of nitrogens with one attached hydrogen (secondary N) is 1. The SMILES string of the molecule is CC1OCCN(C(=O)CC(NC(=O)OCC2c3ccccc3-c3ccccc32)C2CC2)C1C(=O)O. The highest BCUT2D eigenvalue weighted by atomic mass is 16.5. The van der Waals surface area contributed by atoms with E-state index in [1.807, 2.05) is 24.3 Å². The predicted molar refractivity (Wildman–Crippen MR) is 128 cm³/mol. The van der Waals surface area contributed by atoms with Crippen molar-refractivity contribution in [2.24, 2.45) is 5.92 Å². The third-order valence-corrected chi connectivity index (χ3v) is 7.30. The molecule has 2 aliphatic carbocycles. The predicted octanol–water partition coefficient (Wildman–Crippen LogP) is 3.39. The minimum atomic E-state index is -1.09. The number of carboxylic acids is 1. The van der Waals surface area contributed by atoms with Crippen LogP contribution >= 0.6 is 0 Å². The lowest BCUT2D eigenvalue weighted by molar-refractivity contribution is -0.165. The van der Waals surface area contributed by atoms with E-state index in [1.165, 1.54) is 4.90 Å². The van der Waals surface area contributed by atoms with Crippen molar-refractivity contribution in [1.29, 1.82) is 0 Å². The lowest BCUT2D eigenvalue weighted by Gasteiger charge is -2.37. The van der Waals surface area contributed by atoms with Gasteiger partial charge in [0.2, 0.25) is 5.91 Å². The molecule has 2 aromatic carbocycles. The van der Waals surface area contributed by atoms with Gasteiger partial charge in [0.25, 0.3) is 0 Å². The first-order chi connectivity index (χ1) is 16.9. The lowest BCUT2D eigenvalue weighted by Crippen LogP contribution is -2.57. The molecule has 1 saturated carbocycles. The summed E-state index contributed by atoms with van der Waals surface area (Å²) >= 11 is 0. The van der Waals surface area contributed by atoms with Crippen LogP contribution in [0.25, 0.3) is 11.1 Å². The van der Waals surface area contributed by atoms with Crippen LogP contribution < -0.4 is 5.32 Å². The highest BCUT2D eigenvalue weighted by Crippen LogP contribution is 2.44. The number of nitrogens with zero attached hydrogens (tertiary/aromatic N) is 1. The highest BCUT2D eigenvalue weighted by molar-refractivity contribution is 5.85. The normalized spacial score (nSPS) is 22.1. The maximum Gasteiger partial charge on any atom is 0.407 e. The molecular weight excluding hydrogens is 448 g/mol. The summed E-state index contributed by atoms with van der Waals surface area (Å²) in [6.07, 6.45) is 0.750. The largest absolute Gasteiger partial charge is 0.480 e. The molecule has 8 heteroatoms. The summed E-state index contributed by atoms with van der Waals surface area (Å²) in [5.41, 5.74) is 4.59. The number of amides is 2. The van der Waals surface area contributed by atoms with Crippen molar-refractivity contribution < 1.29 is 29.0 Å². The summed E-state index contributed by atoms with van der Waals surface area (Å²) in [5, 5.41) is 12.5. The van der Waals surface area contributed by atoms with E-state index < -0.39 is 24.2 Å². The summed E-state index contributed by atoms with van der Waals surface area (Å²) in [6.45, 7) is 2.38. The first-order valence-electron chi connectivity index (χ1n) is 12.2. The first kappa shape index (κ1) is 23.4. The molecule has 8 nitrogen and oxygen atoms in total. The van der Waals surface area contributed by atoms with E-state index in [4.69, 9.17) is 9.47 Å². The fourth-order valence-corrected chi connectivity index (χ4v) is 5.37. The van der Waals surface area contributed by atoms with Crippen LogP contribution in [0.3, 0.4) is 0 Å². The molecule has 1 heterocycles. The van der Waals surface area contributed by atoms with Crippen molar-refractivity contribution in [2.75, 3.05) is 19.8 Å². The molecule has 1 aliphatic heterocycles. The Kier molecular flexibility index (Phi) is 6.47. The second kappa shape index (κ2) is 9.70. The zero-order valence-electron chi connectivity index (χ0n) is 19.7. The van der Waals surface area contributed by atoms with E-state index in [2.05, 4.69) is 29.6 Å². The van der Waals surface area contributed by atoms with Crippen LogP contribution in [-0.4, -0.2) is 65.9 Å². The van der Waals surface area contributed by atoms with Crippen molar-refractivity contribution >= 4 is 18.0 Å². The Hall–Kier alpha value is -3.39. The van der Waals surface area contributed by atoms with Gasteiger partial charge in [-0.1, -0.05) is 48.5 Å². The number of hydrogen-bond acceptors (Lipinski definition) is 5. The molecule has 184 valence electrons. The Morgan fingerprint density at radius 3 is 2.31 bits per heavy atom. The van der Waals surface area contributed by atoms with Crippen molar-refractivity contribution in [1.82, 2.24) is 10.2 Å². The average molecular weight is 479 g/mol. The number of carbonyl (C=O) groups excluding carboxylic acids is 2. The van der Waals surface area contributed by atoms with Gasteiger partial charge in [-0.3, -0.25) is 4.79 Å². The Balaban J connectivity index is 1.22. The minimum Gasteiger partial charge on any atom is -0.480 e. The van der Waals surface area contributed by atoms with E-state index in [9.17, 15) is 19.5 Å². The standard InChI is InChI=1S/C27H30N2O6/c1-16-25(26(31)32)29(12-13-34-16)24(30)14-23(17-10-11-17)28-27(33)35-15-22-20-8-4-2-6-18(20)19-7-3-5-9-21(19)22/h2-9,16-17,22-23,25H,10-15H2,1H3,(H,28,33)(H,31,32). The molecule has 2 amide bonds.